The van der Waals surface area contributed by atoms with Gasteiger partial charge in [0.15, 0.2) is 0 Å². The fourth-order valence-electron chi connectivity index (χ4n) is 2.89. The molecule has 0 atom stereocenters. The van der Waals surface area contributed by atoms with Gasteiger partial charge in [-0.3, -0.25) is 0 Å². The molecule has 1 heterocycles. The van der Waals surface area contributed by atoms with E-state index in [0.717, 1.165) is 38.2 Å². The normalized spacial score (nSPS) is 15.0. The molecule has 4 nitrogen and oxygen atoms in total. The van der Waals surface area contributed by atoms with Gasteiger partial charge in [-0.25, -0.2) is 9.97 Å². The lowest BCUT2D eigenvalue weighted by molar-refractivity contribution is 0.376. The van der Waals surface area contributed by atoms with Gasteiger partial charge < -0.3 is 10.6 Å². The number of nitrogens with two attached hydrogens (primary N) is 1. The Morgan fingerprint density at radius 1 is 1.25 bits per heavy atom. The SMILES string of the molecule is CCCN(CC(C)(C)CN)c1ncnc2c1CCCC2. The summed E-state index contributed by atoms with van der Waals surface area (Å²) in [6, 6.07) is 0. The van der Waals surface area contributed by atoms with Crippen molar-refractivity contribution >= 4 is 5.82 Å². The molecular formula is C16H28N4. The first-order chi connectivity index (χ1) is 9.57. The fourth-order valence-corrected chi connectivity index (χ4v) is 2.89. The van der Waals surface area contributed by atoms with E-state index < -0.39 is 0 Å². The standard InChI is InChI=1S/C16H28N4/c1-4-9-20(11-16(2,3)10-17)15-13-7-5-6-8-14(13)18-12-19-15/h12H,4-11,17H2,1-3H3. The molecule has 0 radical (unpaired) electrons. The average molecular weight is 276 g/mol. The van der Waals surface area contributed by atoms with Crippen molar-refractivity contribution in [3.8, 4) is 0 Å². The third kappa shape index (κ3) is 3.48. The van der Waals surface area contributed by atoms with Gasteiger partial charge in [0, 0.05) is 24.3 Å². The zero-order chi connectivity index (χ0) is 14.6. The molecule has 0 fully saturated rings. The van der Waals surface area contributed by atoms with Crippen LogP contribution in [-0.4, -0.2) is 29.6 Å². The minimum atomic E-state index is 0.113. The van der Waals surface area contributed by atoms with Crippen LogP contribution in [0.1, 0.15) is 51.3 Å². The van der Waals surface area contributed by atoms with Crippen LogP contribution in [0.15, 0.2) is 6.33 Å². The van der Waals surface area contributed by atoms with Gasteiger partial charge in [-0.2, -0.15) is 0 Å². The lowest BCUT2D eigenvalue weighted by atomic mass is 9.91. The lowest BCUT2D eigenvalue weighted by Gasteiger charge is -2.34. The summed E-state index contributed by atoms with van der Waals surface area (Å²) in [6.45, 7) is 9.36. The Labute approximate surface area is 122 Å². The second-order valence-corrected chi connectivity index (χ2v) is 6.62. The monoisotopic (exact) mass is 276 g/mol. The van der Waals surface area contributed by atoms with Gasteiger partial charge in [-0.15, -0.1) is 0 Å². The number of anilines is 1. The molecule has 0 saturated carbocycles. The van der Waals surface area contributed by atoms with Gasteiger partial charge in [0.1, 0.15) is 12.1 Å². The average Bonchev–Trinajstić information content (AvgIpc) is 2.46. The van der Waals surface area contributed by atoms with Crippen molar-refractivity contribution in [2.24, 2.45) is 11.1 Å². The van der Waals surface area contributed by atoms with Crippen molar-refractivity contribution in [1.82, 2.24) is 9.97 Å². The second kappa shape index (κ2) is 6.53. The topological polar surface area (TPSA) is 55.0 Å². The van der Waals surface area contributed by atoms with Crippen molar-refractivity contribution in [3.63, 3.8) is 0 Å². The van der Waals surface area contributed by atoms with Crippen LogP contribution in [0, 0.1) is 5.41 Å². The molecule has 0 aliphatic heterocycles. The number of hydrogen-bond donors (Lipinski definition) is 1. The summed E-state index contributed by atoms with van der Waals surface area (Å²) in [6.07, 6.45) is 7.59. The second-order valence-electron chi connectivity index (χ2n) is 6.62. The number of aromatic nitrogens is 2. The maximum Gasteiger partial charge on any atom is 0.135 e. The summed E-state index contributed by atoms with van der Waals surface area (Å²) >= 11 is 0. The molecule has 0 aromatic carbocycles. The molecule has 0 spiro atoms. The first kappa shape index (κ1) is 15.2. The van der Waals surface area contributed by atoms with Gasteiger partial charge in [-0.05, 0) is 44.1 Å². The van der Waals surface area contributed by atoms with Crippen LogP contribution in [0.4, 0.5) is 5.82 Å². The minimum Gasteiger partial charge on any atom is -0.356 e. The van der Waals surface area contributed by atoms with E-state index in [4.69, 9.17) is 5.73 Å². The van der Waals surface area contributed by atoms with Gasteiger partial charge in [0.2, 0.25) is 0 Å². The molecular weight excluding hydrogens is 248 g/mol. The first-order valence-corrected chi connectivity index (χ1v) is 7.85. The van der Waals surface area contributed by atoms with Crippen LogP contribution >= 0.6 is 0 Å². The van der Waals surface area contributed by atoms with E-state index in [0.29, 0.717) is 6.54 Å². The Morgan fingerprint density at radius 3 is 2.70 bits per heavy atom. The predicted octanol–water partition coefficient (Wildman–Crippen LogP) is 2.56. The Bertz CT molecular complexity index is 442. The molecule has 0 unspecified atom stereocenters. The van der Waals surface area contributed by atoms with Crippen LogP contribution in [0.3, 0.4) is 0 Å². The molecule has 112 valence electrons. The lowest BCUT2D eigenvalue weighted by Crippen LogP contribution is -2.40. The van der Waals surface area contributed by atoms with Crippen LogP contribution in [0.25, 0.3) is 0 Å². The number of nitrogens with zero attached hydrogens (tertiary/aromatic N) is 3. The highest BCUT2D eigenvalue weighted by molar-refractivity contribution is 5.49. The minimum absolute atomic E-state index is 0.113. The zero-order valence-corrected chi connectivity index (χ0v) is 13.2. The van der Waals surface area contributed by atoms with Crippen molar-refractivity contribution in [1.29, 1.82) is 0 Å². The smallest absolute Gasteiger partial charge is 0.135 e. The van der Waals surface area contributed by atoms with E-state index in [2.05, 4.69) is 35.6 Å². The van der Waals surface area contributed by atoms with Crippen molar-refractivity contribution in [2.75, 3.05) is 24.5 Å². The summed E-state index contributed by atoms with van der Waals surface area (Å²) in [5.74, 6) is 1.15. The van der Waals surface area contributed by atoms with E-state index >= 15 is 0 Å². The summed E-state index contributed by atoms with van der Waals surface area (Å²) in [5, 5.41) is 0. The van der Waals surface area contributed by atoms with Crippen LogP contribution in [0.5, 0.6) is 0 Å². The van der Waals surface area contributed by atoms with Crippen LogP contribution in [0.2, 0.25) is 0 Å². The maximum atomic E-state index is 5.91. The molecule has 20 heavy (non-hydrogen) atoms. The maximum absolute atomic E-state index is 5.91. The predicted molar refractivity (Wildman–Crippen MR) is 84.0 cm³/mol. The van der Waals surface area contributed by atoms with E-state index in [1.807, 2.05) is 0 Å². The molecule has 1 aromatic rings. The van der Waals surface area contributed by atoms with E-state index in [9.17, 15) is 0 Å². The highest BCUT2D eigenvalue weighted by atomic mass is 15.2. The van der Waals surface area contributed by atoms with Gasteiger partial charge >= 0.3 is 0 Å². The molecule has 0 saturated heterocycles. The Hall–Kier alpha value is -1.16. The number of hydrogen-bond acceptors (Lipinski definition) is 4. The van der Waals surface area contributed by atoms with Crippen molar-refractivity contribution in [2.45, 2.75) is 52.9 Å². The Kier molecular flexibility index (Phi) is 4.97. The van der Waals surface area contributed by atoms with Crippen molar-refractivity contribution < 1.29 is 0 Å². The Balaban J connectivity index is 2.29. The number of fused-ring (bicyclic) bond motifs is 1. The molecule has 0 amide bonds. The molecule has 1 aliphatic rings. The van der Waals surface area contributed by atoms with E-state index in [1.165, 1.54) is 24.1 Å². The highest BCUT2D eigenvalue weighted by Crippen LogP contribution is 2.29. The fraction of sp³-hybridized carbons (Fsp3) is 0.750. The largest absolute Gasteiger partial charge is 0.356 e. The summed E-state index contributed by atoms with van der Waals surface area (Å²) in [5.41, 5.74) is 8.65. The van der Waals surface area contributed by atoms with Gasteiger partial charge in [0.05, 0.1) is 0 Å². The zero-order valence-electron chi connectivity index (χ0n) is 13.2. The highest BCUT2D eigenvalue weighted by Gasteiger charge is 2.24. The van der Waals surface area contributed by atoms with Crippen molar-refractivity contribution in [3.05, 3.63) is 17.6 Å². The first-order valence-electron chi connectivity index (χ1n) is 7.85. The summed E-state index contributed by atoms with van der Waals surface area (Å²) < 4.78 is 0. The molecule has 1 aliphatic carbocycles. The molecule has 4 heteroatoms. The van der Waals surface area contributed by atoms with E-state index in [1.54, 1.807) is 6.33 Å². The van der Waals surface area contributed by atoms with Gasteiger partial charge in [0.25, 0.3) is 0 Å². The molecule has 2 rings (SSSR count). The van der Waals surface area contributed by atoms with Crippen LogP contribution in [-0.2, 0) is 12.8 Å². The molecule has 0 bridgehead atoms. The Morgan fingerprint density at radius 2 is 2.00 bits per heavy atom. The number of aryl methyl sites for hydroxylation is 1. The third-order valence-corrected chi connectivity index (χ3v) is 4.07. The summed E-state index contributed by atoms with van der Waals surface area (Å²) in [7, 11) is 0. The number of rotatable bonds is 6. The molecule has 1 aromatic heterocycles. The van der Waals surface area contributed by atoms with E-state index in [-0.39, 0.29) is 5.41 Å². The quantitative estimate of drug-likeness (QED) is 0.867. The molecule has 2 N–H and O–H groups in total. The van der Waals surface area contributed by atoms with Gasteiger partial charge in [-0.1, -0.05) is 20.8 Å². The summed E-state index contributed by atoms with van der Waals surface area (Å²) in [4.78, 5) is 11.5. The van der Waals surface area contributed by atoms with Crippen LogP contribution < -0.4 is 10.6 Å². The third-order valence-electron chi connectivity index (χ3n) is 4.07.